The maximum absolute atomic E-state index is 13.1. The largest absolute Gasteiger partial charge is 0.446 e. The molecule has 1 saturated heterocycles. The third-order valence-corrected chi connectivity index (χ3v) is 8.15. The van der Waals surface area contributed by atoms with Gasteiger partial charge in [0.2, 0.25) is 17.3 Å². The van der Waals surface area contributed by atoms with Crippen molar-refractivity contribution in [2.24, 2.45) is 11.8 Å². The molecule has 1 aliphatic heterocycles. The molecular formula is C26H39N3O8S. The molecule has 38 heavy (non-hydrogen) atoms. The lowest BCUT2D eigenvalue weighted by molar-refractivity contribution is -0.126. The first-order chi connectivity index (χ1) is 17.9. The zero-order chi connectivity index (χ0) is 27.9. The lowest BCUT2D eigenvalue weighted by Gasteiger charge is -2.30. The predicted molar refractivity (Wildman–Crippen MR) is 140 cm³/mol. The molecule has 1 saturated carbocycles. The Morgan fingerprint density at radius 2 is 1.74 bits per heavy atom. The van der Waals surface area contributed by atoms with E-state index in [4.69, 9.17) is 4.74 Å². The molecule has 1 aromatic carbocycles. The fourth-order valence-corrected chi connectivity index (χ4v) is 5.78. The number of carbonyl (C=O) groups excluding carboxylic acids is 3. The van der Waals surface area contributed by atoms with Crippen molar-refractivity contribution in [3.63, 3.8) is 0 Å². The highest BCUT2D eigenvalue weighted by Gasteiger charge is 2.38. The van der Waals surface area contributed by atoms with Gasteiger partial charge in [-0.25, -0.2) is 4.79 Å². The van der Waals surface area contributed by atoms with Gasteiger partial charge in [0.05, 0.1) is 6.04 Å². The van der Waals surface area contributed by atoms with E-state index < -0.39 is 45.6 Å². The molecule has 11 nitrogen and oxygen atoms in total. The number of aliphatic hydroxyl groups excluding tert-OH is 1. The second-order valence-corrected chi connectivity index (χ2v) is 12.2. The summed E-state index contributed by atoms with van der Waals surface area (Å²) >= 11 is 0. The van der Waals surface area contributed by atoms with Crippen LogP contribution in [0, 0.1) is 11.8 Å². The van der Waals surface area contributed by atoms with Crippen molar-refractivity contribution in [2.45, 2.75) is 88.3 Å². The highest BCUT2D eigenvalue weighted by molar-refractivity contribution is 7.86. The van der Waals surface area contributed by atoms with E-state index in [-0.39, 0.29) is 30.8 Å². The van der Waals surface area contributed by atoms with Crippen molar-refractivity contribution in [1.82, 2.24) is 16.0 Å². The Labute approximate surface area is 223 Å². The first kappa shape index (κ1) is 29.9. The number of rotatable bonds is 11. The number of ether oxygens (including phenoxy) is 1. The molecule has 1 aliphatic carbocycles. The maximum atomic E-state index is 13.1. The zero-order valence-electron chi connectivity index (χ0n) is 21.8. The van der Waals surface area contributed by atoms with Crippen molar-refractivity contribution < 1.29 is 37.2 Å². The summed E-state index contributed by atoms with van der Waals surface area (Å²) in [5.74, 6) is -1.31. The van der Waals surface area contributed by atoms with Crippen LogP contribution < -0.4 is 16.0 Å². The number of hydrogen-bond acceptors (Lipinski definition) is 7. The minimum atomic E-state index is -4.93. The van der Waals surface area contributed by atoms with Gasteiger partial charge in [0.1, 0.15) is 12.1 Å². The lowest BCUT2D eigenvalue weighted by atomic mass is 9.83. The molecule has 3 rings (SSSR count). The van der Waals surface area contributed by atoms with Crippen LogP contribution in [0.5, 0.6) is 0 Å². The first-order valence-electron chi connectivity index (χ1n) is 13.2. The SMILES string of the molecule is CC(C)CC(NC(=O)OC1CCC(c2ccccc2)CC1)C(=O)NC(CC1CCNC1=O)C(O)S(=O)(=O)O. The van der Waals surface area contributed by atoms with E-state index >= 15 is 0 Å². The number of aliphatic hydroxyl groups is 1. The molecule has 0 radical (unpaired) electrons. The highest BCUT2D eigenvalue weighted by atomic mass is 32.2. The third-order valence-electron chi connectivity index (χ3n) is 7.21. The Kier molecular flexibility index (Phi) is 10.5. The molecule has 1 heterocycles. The molecule has 0 bridgehead atoms. The Morgan fingerprint density at radius 1 is 1.08 bits per heavy atom. The van der Waals surface area contributed by atoms with Gasteiger partial charge in [-0.3, -0.25) is 14.1 Å². The van der Waals surface area contributed by atoms with Gasteiger partial charge < -0.3 is 25.8 Å². The fourth-order valence-electron chi connectivity index (χ4n) is 5.18. The van der Waals surface area contributed by atoms with Gasteiger partial charge in [-0.15, -0.1) is 0 Å². The number of benzene rings is 1. The lowest BCUT2D eigenvalue weighted by Crippen LogP contribution is -2.55. The van der Waals surface area contributed by atoms with Crippen molar-refractivity contribution in [3.8, 4) is 0 Å². The van der Waals surface area contributed by atoms with Crippen LogP contribution in [0.1, 0.15) is 70.3 Å². The number of amides is 3. The van der Waals surface area contributed by atoms with Crippen LogP contribution in [0.4, 0.5) is 4.79 Å². The van der Waals surface area contributed by atoms with Crippen LogP contribution in [0.25, 0.3) is 0 Å². The minimum absolute atomic E-state index is 0.0158. The molecule has 2 fully saturated rings. The fraction of sp³-hybridized carbons (Fsp3) is 0.654. The summed E-state index contributed by atoms with van der Waals surface area (Å²) in [7, 11) is -4.93. The Hall–Kier alpha value is -2.70. The molecule has 0 spiro atoms. The second-order valence-electron chi connectivity index (χ2n) is 10.6. The molecule has 1 aromatic rings. The average molecular weight is 554 g/mol. The van der Waals surface area contributed by atoms with Gasteiger partial charge in [-0.2, -0.15) is 8.42 Å². The molecule has 3 amide bonds. The van der Waals surface area contributed by atoms with Gasteiger partial charge in [-0.1, -0.05) is 44.2 Å². The number of hydrogen-bond donors (Lipinski definition) is 5. The summed E-state index contributed by atoms with van der Waals surface area (Å²) in [5.41, 5.74) is -1.06. The number of nitrogens with one attached hydrogen (secondary N) is 3. The van der Waals surface area contributed by atoms with Gasteiger partial charge >= 0.3 is 6.09 Å². The van der Waals surface area contributed by atoms with Crippen molar-refractivity contribution in [2.75, 3.05) is 6.54 Å². The van der Waals surface area contributed by atoms with Crippen LogP contribution in [0.3, 0.4) is 0 Å². The Balaban J connectivity index is 1.60. The van der Waals surface area contributed by atoms with Crippen LogP contribution in [0.15, 0.2) is 30.3 Å². The monoisotopic (exact) mass is 553 g/mol. The maximum Gasteiger partial charge on any atom is 0.408 e. The smallest absolute Gasteiger partial charge is 0.408 e. The van der Waals surface area contributed by atoms with Gasteiger partial charge in [0, 0.05) is 12.5 Å². The highest BCUT2D eigenvalue weighted by Crippen LogP contribution is 2.34. The molecule has 4 atom stereocenters. The van der Waals surface area contributed by atoms with Crippen LogP contribution >= 0.6 is 0 Å². The molecule has 212 valence electrons. The van der Waals surface area contributed by atoms with E-state index in [9.17, 15) is 32.5 Å². The predicted octanol–water partition coefficient (Wildman–Crippen LogP) is 2.07. The molecule has 5 N–H and O–H groups in total. The van der Waals surface area contributed by atoms with Crippen molar-refractivity contribution >= 4 is 28.0 Å². The first-order valence-corrected chi connectivity index (χ1v) is 14.7. The van der Waals surface area contributed by atoms with Crippen LogP contribution in [-0.2, 0) is 24.4 Å². The summed E-state index contributed by atoms with van der Waals surface area (Å²) < 4.78 is 38.3. The van der Waals surface area contributed by atoms with Gasteiger partial charge in [0.15, 0.2) is 0 Å². The van der Waals surface area contributed by atoms with Crippen molar-refractivity contribution in [1.29, 1.82) is 0 Å². The molecule has 2 aliphatic rings. The zero-order valence-corrected chi connectivity index (χ0v) is 22.7. The summed E-state index contributed by atoms with van der Waals surface area (Å²) in [5, 5.41) is 17.8. The summed E-state index contributed by atoms with van der Waals surface area (Å²) in [4.78, 5) is 37.8. The molecule has 4 unspecified atom stereocenters. The van der Waals surface area contributed by atoms with E-state index in [0.29, 0.717) is 31.7 Å². The van der Waals surface area contributed by atoms with Gasteiger partial charge in [-0.05, 0) is 62.3 Å². The molecule has 0 aromatic heterocycles. The quantitative estimate of drug-likeness (QED) is 0.259. The normalized spacial score (nSPS) is 24.2. The van der Waals surface area contributed by atoms with Gasteiger partial charge in [0.25, 0.3) is 10.1 Å². The number of carbonyl (C=O) groups is 3. The van der Waals surface area contributed by atoms with E-state index in [1.54, 1.807) is 0 Å². The van der Waals surface area contributed by atoms with E-state index in [2.05, 4.69) is 28.1 Å². The molecule has 12 heteroatoms. The minimum Gasteiger partial charge on any atom is -0.446 e. The second kappa shape index (κ2) is 13.4. The van der Waals surface area contributed by atoms with Crippen molar-refractivity contribution in [3.05, 3.63) is 35.9 Å². The topological polar surface area (TPSA) is 171 Å². The Morgan fingerprint density at radius 3 is 2.29 bits per heavy atom. The molecular weight excluding hydrogens is 514 g/mol. The van der Waals surface area contributed by atoms with E-state index in [1.807, 2.05) is 32.0 Å². The van der Waals surface area contributed by atoms with Crippen LogP contribution in [0.2, 0.25) is 0 Å². The summed E-state index contributed by atoms with van der Waals surface area (Å²) in [6, 6.07) is 7.66. The Bertz CT molecular complexity index is 1060. The van der Waals surface area contributed by atoms with E-state index in [1.165, 1.54) is 5.56 Å². The number of alkyl carbamates (subject to hydrolysis) is 1. The average Bonchev–Trinajstić information content (AvgIpc) is 3.27. The standard InChI is InChI=1S/C26H39N3O8S/c1-16(2)14-21(24(31)28-22(25(32)38(34,35)36)15-19-12-13-27-23(19)30)29-26(33)37-20-10-8-18(9-11-20)17-6-4-3-5-7-17/h3-7,16,18-22,25,32H,8-15H2,1-2H3,(H,27,30)(H,28,31)(H,29,33)(H,34,35,36). The summed E-state index contributed by atoms with van der Waals surface area (Å²) in [6.45, 7) is 4.10. The summed E-state index contributed by atoms with van der Waals surface area (Å²) in [6.07, 6.45) is 2.53. The third kappa shape index (κ3) is 8.67. The van der Waals surface area contributed by atoms with E-state index in [0.717, 1.165) is 12.8 Å². The van der Waals surface area contributed by atoms with Crippen LogP contribution in [-0.4, -0.2) is 66.2 Å².